The summed E-state index contributed by atoms with van der Waals surface area (Å²) in [5.41, 5.74) is 5.78. The lowest BCUT2D eigenvalue weighted by molar-refractivity contribution is 0.0981. The lowest BCUT2D eigenvalue weighted by Crippen LogP contribution is -2.47. The lowest BCUT2D eigenvalue weighted by atomic mass is 9.73. The maximum Gasteiger partial charge on any atom is 0.328 e. The number of carbonyl (C=O) groups excluding carboxylic acids is 1. The molecule has 18 heteroatoms. The molecule has 1 aliphatic carbocycles. The second-order valence-corrected chi connectivity index (χ2v) is 26.5. The van der Waals surface area contributed by atoms with Crippen LogP contribution in [0.4, 0.5) is 11.4 Å². The Labute approximate surface area is 418 Å². The normalized spacial score (nSPS) is 19.0. The van der Waals surface area contributed by atoms with Crippen molar-refractivity contribution in [2.24, 2.45) is 11.3 Å². The van der Waals surface area contributed by atoms with Gasteiger partial charge in [0, 0.05) is 78.5 Å². The molecule has 3 aliphatic rings. The molecular weight excluding hydrogens is 973 g/mol. The van der Waals surface area contributed by atoms with E-state index in [1.165, 1.54) is 28.8 Å². The molecule has 3 N–H and O–H groups in total. The number of benzene rings is 4. The Morgan fingerprint density at radius 1 is 0.913 bits per heavy atom. The summed E-state index contributed by atoms with van der Waals surface area (Å²) in [5, 5.41) is 4.16. The average molecular weight is 1040 g/mol. The number of likely N-dealkylation sites (tertiary alicyclic amines) is 1. The Morgan fingerprint density at radius 2 is 1.59 bits per heavy atom. The molecule has 2 fully saturated rings. The molecule has 0 spiro atoms. The molecule has 2 saturated heterocycles. The summed E-state index contributed by atoms with van der Waals surface area (Å²) in [6.45, 7) is 13.1. The number of amides is 1. The smallest absolute Gasteiger partial charge is 0.328 e. The zero-order valence-corrected chi connectivity index (χ0v) is 44.2. The van der Waals surface area contributed by atoms with Crippen molar-refractivity contribution in [1.82, 2.24) is 14.5 Å². The van der Waals surface area contributed by atoms with Crippen LogP contribution in [-0.2, 0) is 28.9 Å². The van der Waals surface area contributed by atoms with Crippen LogP contribution < -0.4 is 14.9 Å². The molecular formula is C51H67ClN5O8PS3. The lowest BCUT2D eigenvalue weighted by Gasteiger charge is -2.39. The molecule has 2 heterocycles. The second kappa shape index (κ2) is 23.2. The molecule has 0 radical (unpaired) electrons. The van der Waals surface area contributed by atoms with Crippen molar-refractivity contribution in [3.8, 4) is 0 Å². The van der Waals surface area contributed by atoms with Crippen molar-refractivity contribution in [3.05, 3.63) is 119 Å². The number of piperazine rings is 1. The zero-order chi connectivity index (χ0) is 49.4. The molecule has 69 heavy (non-hydrogen) atoms. The van der Waals surface area contributed by atoms with Crippen LogP contribution in [0.5, 0.6) is 0 Å². The molecule has 0 bridgehead atoms. The molecule has 1 unspecified atom stereocenters. The van der Waals surface area contributed by atoms with Crippen LogP contribution in [0.2, 0.25) is 5.02 Å². The van der Waals surface area contributed by atoms with Crippen molar-refractivity contribution >= 4 is 73.7 Å². The van der Waals surface area contributed by atoms with E-state index in [0.717, 1.165) is 106 Å². The highest BCUT2D eigenvalue weighted by Crippen LogP contribution is 2.46. The number of hydrogen-bond donors (Lipinski definition) is 3. The zero-order valence-electron chi connectivity index (χ0n) is 40.1. The summed E-state index contributed by atoms with van der Waals surface area (Å²) in [6.07, 6.45) is 6.63. The quantitative estimate of drug-likeness (QED) is 0.0567. The van der Waals surface area contributed by atoms with Gasteiger partial charge in [0.25, 0.3) is 15.9 Å². The maximum absolute atomic E-state index is 13.7. The van der Waals surface area contributed by atoms with E-state index in [1.54, 1.807) is 30.8 Å². The van der Waals surface area contributed by atoms with Crippen molar-refractivity contribution in [1.29, 1.82) is 0 Å². The summed E-state index contributed by atoms with van der Waals surface area (Å²) in [4.78, 5) is 31.2. The predicted molar refractivity (Wildman–Crippen MR) is 280 cm³/mol. The van der Waals surface area contributed by atoms with Gasteiger partial charge in [-0.2, -0.15) is 0 Å². The van der Waals surface area contributed by atoms with Gasteiger partial charge in [0.1, 0.15) is 0 Å². The van der Waals surface area contributed by atoms with Crippen LogP contribution in [0.15, 0.2) is 117 Å². The third-order valence-electron chi connectivity index (χ3n) is 13.4. The molecule has 0 aromatic heterocycles. The first-order valence-electron chi connectivity index (χ1n) is 23.8. The minimum Gasteiger partial charge on any atom is -0.380 e. The molecule has 13 nitrogen and oxygen atoms in total. The van der Waals surface area contributed by atoms with Crippen molar-refractivity contribution < 1.29 is 35.6 Å². The van der Waals surface area contributed by atoms with Gasteiger partial charge in [0.15, 0.2) is 9.84 Å². The van der Waals surface area contributed by atoms with Crippen LogP contribution in [-0.4, -0.2) is 121 Å². The number of sulfone groups is 1. The Balaban J connectivity index is 0.968. The molecule has 0 saturated carbocycles. The number of sulfonamides is 1. The first kappa shape index (κ1) is 53.1. The summed E-state index contributed by atoms with van der Waals surface area (Å²) in [7, 11) is -12.0. The van der Waals surface area contributed by atoms with Crippen LogP contribution in [0.3, 0.4) is 0 Å². The average Bonchev–Trinajstić information content (AvgIpc) is 3.30. The highest BCUT2D eigenvalue weighted by molar-refractivity contribution is 7.99. The van der Waals surface area contributed by atoms with Gasteiger partial charge in [-0.1, -0.05) is 61.4 Å². The number of rotatable bonds is 20. The number of piperidine rings is 1. The number of nitrogens with one attached hydrogen (secondary N) is 2. The van der Waals surface area contributed by atoms with Gasteiger partial charge in [-0.3, -0.25) is 14.3 Å². The SMILES string of the molecule is CCOP(=O)(O)CC1CCN(CC[C@H](CSc2ccccc2)Nc2ccc(S(=O)(=O)NC(=O)c3ccc(N4CCN(CC5=C(c6ccc(Cl)cc6)CCC(C)(C)C5)CC4)cc3)cc2S(C)(=O)=O)CC1. The van der Waals surface area contributed by atoms with Gasteiger partial charge in [0.05, 0.1) is 28.2 Å². The van der Waals surface area contributed by atoms with E-state index < -0.39 is 33.4 Å². The van der Waals surface area contributed by atoms with Gasteiger partial charge >= 0.3 is 7.60 Å². The predicted octanol–water partition coefficient (Wildman–Crippen LogP) is 9.54. The first-order chi connectivity index (χ1) is 32.8. The third-order valence-corrected chi connectivity index (χ3v) is 18.9. The van der Waals surface area contributed by atoms with Gasteiger partial charge in [-0.25, -0.2) is 21.6 Å². The Morgan fingerprint density at radius 3 is 2.25 bits per heavy atom. The molecule has 1 amide bonds. The van der Waals surface area contributed by atoms with E-state index in [0.29, 0.717) is 18.7 Å². The van der Waals surface area contributed by atoms with E-state index in [2.05, 4.69) is 50.7 Å². The summed E-state index contributed by atoms with van der Waals surface area (Å²) < 4.78 is 73.6. The Kier molecular flexibility index (Phi) is 17.9. The number of allylic oxidation sites excluding steroid dienone is 1. The summed E-state index contributed by atoms with van der Waals surface area (Å²) >= 11 is 7.84. The Bertz CT molecular complexity index is 2690. The molecule has 2 atom stereocenters. The number of anilines is 2. The van der Waals surface area contributed by atoms with Crippen molar-refractivity contribution in [3.63, 3.8) is 0 Å². The van der Waals surface area contributed by atoms with E-state index in [1.807, 2.05) is 54.6 Å². The first-order valence-corrected chi connectivity index (χ1v) is 30.3. The number of hydrogen-bond acceptors (Lipinski definition) is 12. The van der Waals surface area contributed by atoms with Crippen LogP contribution in [0, 0.1) is 11.3 Å². The number of nitrogens with zero attached hydrogens (tertiary/aromatic N) is 3. The van der Waals surface area contributed by atoms with Gasteiger partial charge in [0.2, 0.25) is 0 Å². The van der Waals surface area contributed by atoms with Gasteiger partial charge < -0.3 is 24.5 Å². The van der Waals surface area contributed by atoms with Crippen LogP contribution in [0.25, 0.3) is 5.57 Å². The number of carbonyl (C=O) groups is 1. The van der Waals surface area contributed by atoms with E-state index in [-0.39, 0.29) is 51.2 Å². The summed E-state index contributed by atoms with van der Waals surface area (Å²) in [6, 6.07) is 28.6. The van der Waals surface area contributed by atoms with Crippen molar-refractivity contribution in [2.75, 3.05) is 87.4 Å². The number of halogens is 1. The minimum absolute atomic E-state index is 0.0978. The van der Waals surface area contributed by atoms with Gasteiger partial charge in [-0.15, -0.1) is 11.8 Å². The fraction of sp³-hybridized carbons (Fsp3) is 0.471. The third kappa shape index (κ3) is 15.2. The van der Waals surface area contributed by atoms with E-state index >= 15 is 0 Å². The summed E-state index contributed by atoms with van der Waals surface area (Å²) in [5.74, 6) is -0.127. The molecule has 4 aromatic rings. The maximum atomic E-state index is 13.7. The number of thioether (sulfide) groups is 1. The van der Waals surface area contributed by atoms with Crippen LogP contribution in [0.1, 0.15) is 75.2 Å². The largest absolute Gasteiger partial charge is 0.380 e. The second-order valence-electron chi connectivity index (χ2n) is 19.4. The molecule has 374 valence electrons. The molecule has 7 rings (SSSR count). The fourth-order valence-electron chi connectivity index (χ4n) is 9.60. The molecule has 4 aromatic carbocycles. The van der Waals surface area contributed by atoms with E-state index in [4.69, 9.17) is 16.1 Å². The molecule has 2 aliphatic heterocycles. The monoisotopic (exact) mass is 1040 g/mol. The highest BCUT2D eigenvalue weighted by atomic mass is 35.5. The van der Waals surface area contributed by atoms with Gasteiger partial charge in [-0.05, 0) is 148 Å². The van der Waals surface area contributed by atoms with Crippen LogP contribution >= 0.6 is 31.0 Å². The van der Waals surface area contributed by atoms with E-state index in [9.17, 15) is 31.1 Å². The standard InChI is InChI=1S/C51H67ClN5O8PS3/c1-5-65-66(59,60)36-38-22-26-55(27-23-38)28-24-43(37-67-45-9-7-6-8-10-45)53-48-20-19-46(33-49(48)68(4,61)62)69(63,64)54-50(58)40-13-17-44(18-14-40)57-31-29-56(30-32-57)35-41-34-51(2,3)25-21-47(41)39-11-15-42(52)16-12-39/h6-20,33,38,43,53H,5,21-32,34-37H2,1-4H3,(H,54,58)(H,59,60)/t43-/m1/s1. The fourth-order valence-corrected chi connectivity index (χ4v) is 14.2. The Hall–Kier alpha value is -3.70. The highest BCUT2D eigenvalue weighted by Gasteiger charge is 2.31. The van der Waals surface area contributed by atoms with Crippen molar-refractivity contribution in [2.45, 2.75) is 80.0 Å². The topological polar surface area (TPSA) is 166 Å². The minimum atomic E-state index is -4.48.